The number of carboxylic acids is 1. The summed E-state index contributed by atoms with van der Waals surface area (Å²) < 4.78 is 0. The topological polar surface area (TPSA) is 115 Å². The van der Waals surface area contributed by atoms with Gasteiger partial charge in [0.2, 0.25) is 0 Å². The molecule has 1 unspecified atom stereocenters. The molecule has 0 bridgehead atoms. The maximum absolute atomic E-state index is 12.9. The maximum Gasteiger partial charge on any atom is 0.326 e. The van der Waals surface area contributed by atoms with Gasteiger partial charge in [-0.05, 0) is 66.1 Å². The summed E-state index contributed by atoms with van der Waals surface area (Å²) in [5, 5.41) is 24.3. The number of rotatable bonds is 7. The van der Waals surface area contributed by atoms with E-state index < -0.39 is 17.9 Å². The molecule has 0 radical (unpaired) electrons. The Labute approximate surface area is 226 Å². The third-order valence-corrected chi connectivity index (χ3v) is 7.42. The first-order valence-electron chi connectivity index (χ1n) is 13.0. The number of aromatic amines is 1. The third kappa shape index (κ3) is 4.95. The van der Waals surface area contributed by atoms with Crippen LogP contribution < -0.4 is 5.32 Å². The Morgan fingerprint density at radius 2 is 1.77 bits per heavy atom. The number of amides is 1. The highest BCUT2D eigenvalue weighted by molar-refractivity contribution is 6.11. The molecule has 1 aromatic heterocycles. The van der Waals surface area contributed by atoms with Gasteiger partial charge in [0, 0.05) is 11.1 Å². The molecule has 4 aromatic carbocycles. The highest BCUT2D eigenvalue weighted by atomic mass is 16.4. The number of aromatic hydroxyl groups is 1. The number of nitrogens with zero attached hydrogens (tertiary/aromatic N) is 1. The normalized spacial score (nSPS) is 12.9. The van der Waals surface area contributed by atoms with E-state index in [0.717, 1.165) is 27.8 Å². The second-order valence-electron chi connectivity index (χ2n) is 10.2. The van der Waals surface area contributed by atoms with Gasteiger partial charge in [0.05, 0.1) is 10.9 Å². The van der Waals surface area contributed by atoms with Crippen molar-refractivity contribution in [1.82, 2.24) is 15.3 Å². The average molecular weight is 522 g/mol. The van der Waals surface area contributed by atoms with Crippen LogP contribution in [-0.2, 0) is 4.79 Å². The number of aromatic nitrogens is 2. The van der Waals surface area contributed by atoms with E-state index in [2.05, 4.69) is 53.6 Å². The van der Waals surface area contributed by atoms with E-state index in [1.165, 1.54) is 11.6 Å². The molecule has 0 aliphatic carbocycles. The molecule has 7 nitrogen and oxygen atoms in total. The van der Waals surface area contributed by atoms with Crippen LogP contribution in [0.4, 0.5) is 0 Å². The summed E-state index contributed by atoms with van der Waals surface area (Å²) in [6.07, 6.45) is 0.604. The van der Waals surface area contributed by atoms with Crippen LogP contribution in [0.15, 0.2) is 66.7 Å². The number of hydrogen-bond donors (Lipinski definition) is 4. The molecule has 0 saturated carbocycles. The molecule has 198 valence electrons. The van der Waals surface area contributed by atoms with E-state index in [4.69, 9.17) is 4.98 Å². The van der Waals surface area contributed by atoms with Crippen LogP contribution in [0.25, 0.3) is 44.3 Å². The zero-order valence-electron chi connectivity index (χ0n) is 22.4. The number of aryl methyl sites for hydroxylation is 2. The number of hydrogen-bond acceptors (Lipinski definition) is 4. The number of imidazole rings is 1. The number of carbonyl (C=O) groups is 2. The first kappa shape index (κ1) is 26.0. The summed E-state index contributed by atoms with van der Waals surface area (Å²) in [6.45, 7) is 7.76. The van der Waals surface area contributed by atoms with E-state index in [1.54, 1.807) is 13.0 Å². The fourth-order valence-corrected chi connectivity index (χ4v) is 4.96. The quantitative estimate of drug-likeness (QED) is 0.193. The fraction of sp³-hybridized carbons (Fsp3) is 0.219. The van der Waals surface area contributed by atoms with Gasteiger partial charge in [0.25, 0.3) is 5.91 Å². The number of fused-ring (bicyclic) bond motifs is 3. The van der Waals surface area contributed by atoms with Gasteiger partial charge >= 0.3 is 5.97 Å². The highest BCUT2D eigenvalue weighted by Gasteiger charge is 2.26. The molecular weight excluding hydrogens is 490 g/mol. The molecule has 0 saturated heterocycles. The van der Waals surface area contributed by atoms with Crippen LogP contribution in [0, 0.1) is 19.8 Å². The third-order valence-electron chi connectivity index (χ3n) is 7.42. The van der Waals surface area contributed by atoms with Crippen molar-refractivity contribution < 1.29 is 19.8 Å². The van der Waals surface area contributed by atoms with Crippen molar-refractivity contribution in [3.63, 3.8) is 0 Å². The molecule has 5 aromatic rings. The highest BCUT2D eigenvalue weighted by Crippen LogP contribution is 2.35. The molecule has 1 heterocycles. The summed E-state index contributed by atoms with van der Waals surface area (Å²) in [5.74, 6) is -1.29. The summed E-state index contributed by atoms with van der Waals surface area (Å²) in [4.78, 5) is 32.9. The zero-order chi connectivity index (χ0) is 27.8. The molecule has 0 spiro atoms. The Morgan fingerprint density at radius 3 is 2.49 bits per heavy atom. The maximum atomic E-state index is 12.9. The predicted octanol–water partition coefficient (Wildman–Crippen LogP) is 6.60. The lowest BCUT2D eigenvalue weighted by Gasteiger charge is -2.20. The van der Waals surface area contributed by atoms with E-state index >= 15 is 0 Å². The molecular formula is C32H31N3O4. The predicted molar refractivity (Wildman–Crippen MR) is 154 cm³/mol. The molecule has 2 atom stereocenters. The van der Waals surface area contributed by atoms with Crippen molar-refractivity contribution >= 4 is 33.7 Å². The number of nitrogens with one attached hydrogen (secondary N) is 2. The van der Waals surface area contributed by atoms with Crippen LogP contribution in [0.3, 0.4) is 0 Å². The van der Waals surface area contributed by atoms with Gasteiger partial charge in [-0.3, -0.25) is 4.79 Å². The lowest BCUT2D eigenvalue weighted by Crippen LogP contribution is -2.45. The van der Waals surface area contributed by atoms with Crippen LogP contribution in [-0.4, -0.2) is 38.1 Å². The average Bonchev–Trinajstić information content (AvgIpc) is 3.35. The zero-order valence-corrected chi connectivity index (χ0v) is 22.4. The summed E-state index contributed by atoms with van der Waals surface area (Å²) in [6, 6.07) is 20.3. The molecule has 0 aliphatic rings. The van der Waals surface area contributed by atoms with Crippen molar-refractivity contribution in [2.75, 3.05) is 0 Å². The van der Waals surface area contributed by atoms with Gasteiger partial charge in [0.15, 0.2) is 0 Å². The van der Waals surface area contributed by atoms with E-state index in [1.807, 2.05) is 32.0 Å². The second-order valence-corrected chi connectivity index (χ2v) is 10.2. The SMILES string of the molecule is CCC(C)[C@H](NC(=O)c1cc(O)c2c(ccc3[nH]c(-c4cc(-c5cccc(C)c5)ccc4C)nc32)c1)C(=O)O. The molecule has 5 rings (SSSR count). The Kier molecular flexibility index (Phi) is 6.83. The Hall–Kier alpha value is -4.65. The van der Waals surface area contributed by atoms with Crippen molar-refractivity contribution in [3.8, 4) is 28.3 Å². The minimum absolute atomic E-state index is 0.0954. The molecule has 0 fully saturated rings. The van der Waals surface area contributed by atoms with Crippen LogP contribution in [0.1, 0.15) is 41.8 Å². The smallest absolute Gasteiger partial charge is 0.326 e. The van der Waals surface area contributed by atoms with E-state index in [0.29, 0.717) is 28.5 Å². The van der Waals surface area contributed by atoms with Gasteiger partial charge in [-0.1, -0.05) is 68.3 Å². The first-order valence-corrected chi connectivity index (χ1v) is 13.0. The minimum Gasteiger partial charge on any atom is -0.507 e. The molecule has 0 aliphatic heterocycles. The van der Waals surface area contributed by atoms with Crippen molar-refractivity contribution in [2.45, 2.75) is 40.2 Å². The molecule has 7 heteroatoms. The van der Waals surface area contributed by atoms with Crippen molar-refractivity contribution in [2.24, 2.45) is 5.92 Å². The van der Waals surface area contributed by atoms with Gasteiger partial charge in [-0.25, -0.2) is 9.78 Å². The largest absolute Gasteiger partial charge is 0.507 e. The molecule has 39 heavy (non-hydrogen) atoms. The van der Waals surface area contributed by atoms with Crippen LogP contribution in [0.5, 0.6) is 5.75 Å². The fourth-order valence-electron chi connectivity index (χ4n) is 4.96. The summed E-state index contributed by atoms with van der Waals surface area (Å²) in [5.41, 5.74) is 6.95. The molecule has 4 N–H and O–H groups in total. The first-order chi connectivity index (χ1) is 18.7. The van der Waals surface area contributed by atoms with Crippen LogP contribution in [0.2, 0.25) is 0 Å². The van der Waals surface area contributed by atoms with Crippen LogP contribution >= 0.6 is 0 Å². The Morgan fingerprint density at radius 1 is 1.00 bits per heavy atom. The minimum atomic E-state index is -1.09. The number of carboxylic acid groups (broad SMARTS) is 1. The number of benzene rings is 4. The van der Waals surface area contributed by atoms with Gasteiger partial charge < -0.3 is 20.5 Å². The van der Waals surface area contributed by atoms with Gasteiger partial charge in [-0.2, -0.15) is 0 Å². The van der Waals surface area contributed by atoms with Gasteiger partial charge in [0.1, 0.15) is 23.1 Å². The van der Waals surface area contributed by atoms with Crippen molar-refractivity contribution in [1.29, 1.82) is 0 Å². The van der Waals surface area contributed by atoms with E-state index in [9.17, 15) is 19.8 Å². The lowest BCUT2D eigenvalue weighted by atomic mass is 9.98. The monoisotopic (exact) mass is 521 g/mol. The number of carbonyl (C=O) groups excluding carboxylic acids is 1. The number of phenolic OH excluding ortho intramolecular Hbond substituents is 1. The van der Waals surface area contributed by atoms with Crippen molar-refractivity contribution in [3.05, 3.63) is 83.4 Å². The van der Waals surface area contributed by atoms with E-state index in [-0.39, 0.29) is 17.2 Å². The summed E-state index contributed by atoms with van der Waals surface area (Å²) >= 11 is 0. The Balaban J connectivity index is 1.55. The Bertz CT molecular complexity index is 1740. The summed E-state index contributed by atoms with van der Waals surface area (Å²) in [7, 11) is 0. The number of aliphatic carboxylic acids is 1. The lowest BCUT2D eigenvalue weighted by molar-refractivity contribution is -0.140. The molecule has 1 amide bonds. The second kappa shape index (κ2) is 10.3. The number of phenols is 1. The standard InChI is InChI=1S/C32H31N3O4/c1-5-18(3)28(32(38)39)35-31(37)23-14-22-11-12-25-29(27(22)26(36)16-23)34-30(33-25)24-15-21(10-9-19(24)4)20-8-6-7-17(2)13-20/h6-16,18,28,36H,5H2,1-4H3,(H,33,34)(H,35,37)(H,38,39)/t18?,28-/m0/s1. The van der Waals surface area contributed by atoms with Gasteiger partial charge in [-0.15, -0.1) is 0 Å². The number of H-pyrrole nitrogens is 1.